The van der Waals surface area contributed by atoms with E-state index in [1.54, 1.807) is 6.20 Å². The number of halogens is 1. The van der Waals surface area contributed by atoms with E-state index < -0.39 is 5.97 Å². The lowest BCUT2D eigenvalue weighted by Crippen LogP contribution is -2.09. The molecular formula is C13H12BrNO3. The number of hydrogen-bond donors (Lipinski definition) is 0. The van der Waals surface area contributed by atoms with Gasteiger partial charge in [-0.3, -0.25) is 9.59 Å². The standard InChI is InChI=1S/C13H12BrNO3/c1-15-7-10(12(16)6-13(17)18-2)9-5-8(14)3-4-11(9)15/h3-5,7H,6H2,1-2H3. The third kappa shape index (κ3) is 2.31. The zero-order valence-electron chi connectivity index (χ0n) is 10.1. The van der Waals surface area contributed by atoms with Gasteiger partial charge >= 0.3 is 5.97 Å². The Balaban J connectivity index is 2.47. The van der Waals surface area contributed by atoms with Crippen LogP contribution in [0.2, 0.25) is 0 Å². The Morgan fingerprint density at radius 1 is 1.39 bits per heavy atom. The predicted octanol–water partition coefficient (Wildman–Crippen LogP) is 2.69. The normalized spacial score (nSPS) is 10.6. The first-order chi connectivity index (χ1) is 8.52. The number of ether oxygens (including phenoxy) is 1. The Labute approximate surface area is 113 Å². The van der Waals surface area contributed by atoms with Gasteiger partial charge in [0.2, 0.25) is 0 Å². The van der Waals surface area contributed by atoms with Crippen molar-refractivity contribution in [2.75, 3.05) is 7.11 Å². The fraction of sp³-hybridized carbons (Fsp3) is 0.231. The fourth-order valence-corrected chi connectivity index (χ4v) is 2.25. The van der Waals surface area contributed by atoms with E-state index in [1.165, 1.54) is 7.11 Å². The highest BCUT2D eigenvalue weighted by Crippen LogP contribution is 2.25. The molecule has 0 radical (unpaired) electrons. The highest BCUT2D eigenvalue weighted by Gasteiger charge is 2.17. The summed E-state index contributed by atoms with van der Waals surface area (Å²) < 4.78 is 7.27. The lowest BCUT2D eigenvalue weighted by Gasteiger charge is -1.99. The second kappa shape index (κ2) is 4.94. The van der Waals surface area contributed by atoms with Gasteiger partial charge in [0.05, 0.1) is 7.11 Å². The van der Waals surface area contributed by atoms with Crippen LogP contribution in [0.5, 0.6) is 0 Å². The van der Waals surface area contributed by atoms with Crippen molar-refractivity contribution >= 4 is 38.6 Å². The molecule has 1 heterocycles. The van der Waals surface area contributed by atoms with Gasteiger partial charge in [-0.1, -0.05) is 15.9 Å². The van der Waals surface area contributed by atoms with Crippen LogP contribution in [0.1, 0.15) is 16.8 Å². The third-order valence-corrected chi connectivity index (χ3v) is 3.28. The van der Waals surface area contributed by atoms with Gasteiger partial charge in [0.1, 0.15) is 6.42 Å². The number of Topliss-reactive ketones (excluding diaryl/α,β-unsaturated/α-hetero) is 1. The van der Waals surface area contributed by atoms with Crippen molar-refractivity contribution in [1.82, 2.24) is 4.57 Å². The second-order valence-electron chi connectivity index (χ2n) is 3.99. The van der Waals surface area contributed by atoms with Crippen molar-refractivity contribution < 1.29 is 14.3 Å². The van der Waals surface area contributed by atoms with Crippen LogP contribution in [-0.4, -0.2) is 23.4 Å². The molecule has 0 bridgehead atoms. The van der Waals surface area contributed by atoms with E-state index in [9.17, 15) is 9.59 Å². The van der Waals surface area contributed by atoms with Gasteiger partial charge in [-0.15, -0.1) is 0 Å². The van der Waals surface area contributed by atoms with Crippen LogP contribution < -0.4 is 0 Å². The summed E-state index contributed by atoms with van der Waals surface area (Å²) in [6.45, 7) is 0. The molecule has 0 unspecified atom stereocenters. The molecule has 0 aliphatic carbocycles. The molecule has 2 rings (SSSR count). The first-order valence-corrected chi connectivity index (χ1v) is 6.17. The van der Waals surface area contributed by atoms with E-state index in [-0.39, 0.29) is 12.2 Å². The molecular weight excluding hydrogens is 298 g/mol. The average molecular weight is 310 g/mol. The summed E-state index contributed by atoms with van der Waals surface area (Å²) in [5.41, 5.74) is 1.49. The van der Waals surface area contributed by atoms with Gasteiger partial charge in [0, 0.05) is 34.2 Å². The first-order valence-electron chi connectivity index (χ1n) is 5.37. The number of benzene rings is 1. The zero-order valence-corrected chi connectivity index (χ0v) is 11.7. The number of methoxy groups -OCH3 is 1. The molecule has 0 N–H and O–H groups in total. The summed E-state index contributed by atoms with van der Waals surface area (Å²) in [4.78, 5) is 23.2. The fourth-order valence-electron chi connectivity index (χ4n) is 1.88. The second-order valence-corrected chi connectivity index (χ2v) is 4.91. The Morgan fingerprint density at radius 2 is 2.11 bits per heavy atom. The van der Waals surface area contributed by atoms with Crippen LogP contribution >= 0.6 is 15.9 Å². The Kier molecular flexibility index (Phi) is 3.52. The van der Waals surface area contributed by atoms with Crippen LogP contribution in [-0.2, 0) is 16.6 Å². The van der Waals surface area contributed by atoms with Crippen molar-refractivity contribution in [2.24, 2.45) is 7.05 Å². The van der Waals surface area contributed by atoms with Crippen molar-refractivity contribution in [2.45, 2.75) is 6.42 Å². The van der Waals surface area contributed by atoms with Gasteiger partial charge in [-0.25, -0.2) is 0 Å². The van der Waals surface area contributed by atoms with Gasteiger partial charge in [0.25, 0.3) is 0 Å². The largest absolute Gasteiger partial charge is 0.469 e. The summed E-state index contributed by atoms with van der Waals surface area (Å²) in [5, 5.41) is 0.834. The number of ketones is 1. The molecule has 0 saturated carbocycles. The van der Waals surface area contributed by atoms with Crippen molar-refractivity contribution in [3.63, 3.8) is 0 Å². The van der Waals surface area contributed by atoms with Crippen molar-refractivity contribution in [1.29, 1.82) is 0 Å². The number of aryl methyl sites for hydroxylation is 1. The van der Waals surface area contributed by atoms with Gasteiger partial charge in [-0.2, -0.15) is 0 Å². The minimum absolute atomic E-state index is 0.231. The quantitative estimate of drug-likeness (QED) is 0.497. The Bertz CT molecular complexity index is 630. The SMILES string of the molecule is COC(=O)CC(=O)c1cn(C)c2ccc(Br)cc12. The van der Waals surface area contributed by atoms with Gasteiger partial charge in [-0.05, 0) is 18.2 Å². The molecule has 0 aliphatic rings. The van der Waals surface area contributed by atoms with Gasteiger partial charge in [0.15, 0.2) is 5.78 Å². The molecule has 0 amide bonds. The Morgan fingerprint density at radius 3 is 2.78 bits per heavy atom. The predicted molar refractivity (Wildman–Crippen MR) is 71.6 cm³/mol. The lowest BCUT2D eigenvalue weighted by molar-refractivity contribution is -0.139. The molecule has 0 atom stereocenters. The molecule has 0 fully saturated rings. The highest BCUT2D eigenvalue weighted by atomic mass is 79.9. The highest BCUT2D eigenvalue weighted by molar-refractivity contribution is 9.10. The maximum absolute atomic E-state index is 12.0. The molecule has 1 aromatic carbocycles. The maximum Gasteiger partial charge on any atom is 0.313 e. The number of aromatic nitrogens is 1. The summed E-state index contributed by atoms with van der Waals surface area (Å²) in [7, 11) is 3.14. The number of esters is 1. The summed E-state index contributed by atoms with van der Waals surface area (Å²) >= 11 is 3.38. The van der Waals surface area contributed by atoms with E-state index in [2.05, 4.69) is 20.7 Å². The molecule has 2 aromatic rings. The van der Waals surface area contributed by atoms with E-state index in [0.717, 1.165) is 15.4 Å². The summed E-state index contributed by atoms with van der Waals surface area (Å²) in [6, 6.07) is 5.71. The number of hydrogen-bond acceptors (Lipinski definition) is 3. The minimum Gasteiger partial charge on any atom is -0.469 e. The monoisotopic (exact) mass is 309 g/mol. The van der Waals surface area contributed by atoms with Gasteiger partial charge < -0.3 is 9.30 Å². The van der Waals surface area contributed by atoms with Crippen LogP contribution in [0.4, 0.5) is 0 Å². The topological polar surface area (TPSA) is 48.3 Å². The third-order valence-electron chi connectivity index (χ3n) is 2.78. The molecule has 4 nitrogen and oxygen atoms in total. The maximum atomic E-state index is 12.0. The van der Waals surface area contributed by atoms with Crippen molar-refractivity contribution in [3.8, 4) is 0 Å². The minimum atomic E-state index is -0.521. The number of rotatable bonds is 3. The number of fused-ring (bicyclic) bond motifs is 1. The molecule has 0 spiro atoms. The van der Waals surface area contributed by atoms with E-state index in [0.29, 0.717) is 5.56 Å². The average Bonchev–Trinajstić information content (AvgIpc) is 2.66. The van der Waals surface area contributed by atoms with E-state index >= 15 is 0 Å². The van der Waals surface area contributed by atoms with Crippen LogP contribution in [0, 0.1) is 0 Å². The molecule has 94 valence electrons. The molecule has 0 aliphatic heterocycles. The number of carbonyl (C=O) groups is 2. The Hall–Kier alpha value is -1.62. The number of nitrogens with zero attached hydrogens (tertiary/aromatic N) is 1. The van der Waals surface area contributed by atoms with Crippen LogP contribution in [0.25, 0.3) is 10.9 Å². The summed E-state index contributed by atoms with van der Waals surface area (Å²) in [6.07, 6.45) is 1.50. The zero-order chi connectivity index (χ0) is 13.3. The molecule has 1 aromatic heterocycles. The van der Waals surface area contributed by atoms with Crippen molar-refractivity contribution in [3.05, 3.63) is 34.4 Å². The molecule has 0 saturated heterocycles. The van der Waals surface area contributed by atoms with Crippen LogP contribution in [0.15, 0.2) is 28.9 Å². The summed E-state index contributed by atoms with van der Waals surface area (Å²) in [5.74, 6) is -0.752. The van der Waals surface area contributed by atoms with E-state index in [4.69, 9.17) is 0 Å². The number of carbonyl (C=O) groups excluding carboxylic acids is 2. The van der Waals surface area contributed by atoms with E-state index in [1.807, 2.05) is 29.8 Å². The first kappa shape index (κ1) is 12.8. The smallest absolute Gasteiger partial charge is 0.313 e. The van der Waals surface area contributed by atoms with Crippen LogP contribution in [0.3, 0.4) is 0 Å². The molecule has 5 heteroatoms. The lowest BCUT2D eigenvalue weighted by atomic mass is 10.1. The molecule has 18 heavy (non-hydrogen) atoms.